The van der Waals surface area contributed by atoms with Crippen molar-refractivity contribution in [3.05, 3.63) is 65.2 Å². The molecule has 0 aromatic heterocycles. The third-order valence-corrected chi connectivity index (χ3v) is 6.54. The van der Waals surface area contributed by atoms with Crippen molar-refractivity contribution in [3.63, 3.8) is 0 Å². The monoisotopic (exact) mass is 424 g/mol. The lowest BCUT2D eigenvalue weighted by Crippen LogP contribution is -2.02. The zero-order valence-corrected chi connectivity index (χ0v) is 19.4. The first kappa shape index (κ1) is 24.4. The molecule has 0 bridgehead atoms. The molecule has 2 rings (SSSR count). The predicted molar refractivity (Wildman–Crippen MR) is 129 cm³/mol. The molecule has 3 heteroatoms. The Hall–Kier alpha value is -1.87. The van der Waals surface area contributed by atoms with E-state index in [4.69, 9.17) is 0 Å². The largest absolute Gasteiger partial charge is 0.295 e. The fourth-order valence-electron chi connectivity index (χ4n) is 3.51. The van der Waals surface area contributed by atoms with Gasteiger partial charge in [0.25, 0.3) is 0 Å². The molecule has 162 valence electrons. The Morgan fingerprint density at radius 2 is 1.07 bits per heavy atom. The lowest BCUT2D eigenvalue weighted by molar-refractivity contribution is 0.101. The molecule has 2 nitrogen and oxygen atoms in total. The average molecular weight is 425 g/mol. The summed E-state index contributed by atoms with van der Waals surface area (Å²) in [4.78, 5) is 25.2. The number of carbonyl (C=O) groups is 2. The average Bonchev–Trinajstić information content (AvgIpc) is 2.77. The second-order valence-electron chi connectivity index (χ2n) is 8.02. The van der Waals surface area contributed by atoms with Gasteiger partial charge in [-0.2, -0.15) is 0 Å². The van der Waals surface area contributed by atoms with Gasteiger partial charge in [0.2, 0.25) is 0 Å². The highest BCUT2D eigenvalue weighted by Crippen LogP contribution is 2.22. The van der Waals surface area contributed by atoms with E-state index in [0.717, 1.165) is 5.75 Å². The molecule has 0 aliphatic carbocycles. The van der Waals surface area contributed by atoms with E-state index in [2.05, 4.69) is 6.92 Å². The number of thioether (sulfide) groups is 1. The molecule has 0 N–H and O–H groups in total. The topological polar surface area (TPSA) is 34.1 Å². The maximum Gasteiger partial charge on any atom is 0.193 e. The van der Waals surface area contributed by atoms with Crippen LogP contribution in [0.4, 0.5) is 0 Å². The van der Waals surface area contributed by atoms with Crippen LogP contribution in [-0.4, -0.2) is 17.3 Å². The normalized spacial score (nSPS) is 10.9. The maximum atomic E-state index is 12.6. The van der Waals surface area contributed by atoms with Crippen molar-refractivity contribution in [1.29, 1.82) is 0 Å². The van der Waals surface area contributed by atoms with E-state index in [9.17, 15) is 9.59 Å². The maximum absolute atomic E-state index is 12.6. The zero-order chi connectivity index (χ0) is 21.6. The molecule has 0 aliphatic rings. The minimum atomic E-state index is -0.00338. The number of ketones is 2. The second kappa shape index (κ2) is 14.2. The van der Waals surface area contributed by atoms with E-state index in [0.29, 0.717) is 16.7 Å². The van der Waals surface area contributed by atoms with Crippen LogP contribution in [0.25, 0.3) is 0 Å². The SMILES string of the molecule is CCCCCCCCCCCCSc1ccc(C(=O)c2ccc(C(C)=O)cc2)cc1. The minimum Gasteiger partial charge on any atom is -0.295 e. The Morgan fingerprint density at radius 1 is 0.633 bits per heavy atom. The zero-order valence-electron chi connectivity index (χ0n) is 18.6. The fourth-order valence-corrected chi connectivity index (χ4v) is 4.42. The van der Waals surface area contributed by atoms with E-state index in [1.165, 1.54) is 76.0 Å². The van der Waals surface area contributed by atoms with Gasteiger partial charge in [-0.15, -0.1) is 11.8 Å². The number of rotatable bonds is 15. The number of benzene rings is 2. The molecule has 0 unspecified atom stereocenters. The van der Waals surface area contributed by atoms with E-state index in [1.807, 2.05) is 36.0 Å². The van der Waals surface area contributed by atoms with Crippen LogP contribution in [-0.2, 0) is 0 Å². The predicted octanol–water partition coefficient (Wildman–Crippen LogP) is 8.13. The smallest absolute Gasteiger partial charge is 0.193 e. The third kappa shape index (κ3) is 8.87. The van der Waals surface area contributed by atoms with Crippen LogP contribution in [0, 0.1) is 0 Å². The lowest BCUT2D eigenvalue weighted by atomic mass is 10.0. The summed E-state index contributed by atoms with van der Waals surface area (Å²) in [5.41, 5.74) is 1.94. The van der Waals surface area contributed by atoms with Crippen molar-refractivity contribution in [2.24, 2.45) is 0 Å². The Bertz CT molecular complexity index is 762. The molecule has 0 aliphatic heterocycles. The molecular formula is C27H36O2S. The molecule has 0 saturated carbocycles. The summed E-state index contributed by atoms with van der Waals surface area (Å²) >= 11 is 1.87. The van der Waals surface area contributed by atoms with Crippen molar-refractivity contribution in [1.82, 2.24) is 0 Å². The summed E-state index contributed by atoms with van der Waals surface area (Å²) in [6, 6.07) is 14.8. The first-order valence-electron chi connectivity index (χ1n) is 11.5. The van der Waals surface area contributed by atoms with E-state index < -0.39 is 0 Å². The number of unbranched alkanes of at least 4 members (excludes halogenated alkanes) is 9. The highest BCUT2D eigenvalue weighted by molar-refractivity contribution is 7.99. The van der Waals surface area contributed by atoms with Crippen molar-refractivity contribution in [3.8, 4) is 0 Å². The molecule has 2 aromatic rings. The molecule has 0 heterocycles. The van der Waals surface area contributed by atoms with E-state index in [1.54, 1.807) is 24.3 Å². The summed E-state index contributed by atoms with van der Waals surface area (Å²) < 4.78 is 0. The first-order chi connectivity index (χ1) is 14.6. The second-order valence-corrected chi connectivity index (χ2v) is 9.19. The Kier molecular flexibility index (Phi) is 11.5. The number of Topliss-reactive ketones (excluding diaryl/α,β-unsaturated/α-hetero) is 1. The first-order valence-corrected chi connectivity index (χ1v) is 12.5. The van der Waals surface area contributed by atoms with Gasteiger partial charge in [0.15, 0.2) is 11.6 Å². The molecular weight excluding hydrogens is 388 g/mol. The summed E-state index contributed by atoms with van der Waals surface area (Å²) in [5, 5.41) is 0. The van der Waals surface area contributed by atoms with Crippen LogP contribution in [0.5, 0.6) is 0 Å². The van der Waals surface area contributed by atoms with Gasteiger partial charge in [-0.05, 0) is 43.4 Å². The van der Waals surface area contributed by atoms with Crippen LogP contribution in [0.1, 0.15) is 104 Å². The Balaban J connectivity index is 1.63. The highest BCUT2D eigenvalue weighted by Gasteiger charge is 2.10. The molecule has 0 radical (unpaired) electrons. The van der Waals surface area contributed by atoms with E-state index in [-0.39, 0.29) is 11.6 Å². The van der Waals surface area contributed by atoms with Gasteiger partial charge in [-0.3, -0.25) is 9.59 Å². The molecule has 30 heavy (non-hydrogen) atoms. The highest BCUT2D eigenvalue weighted by atomic mass is 32.2. The minimum absolute atomic E-state index is 0.00338. The third-order valence-electron chi connectivity index (χ3n) is 5.44. The van der Waals surface area contributed by atoms with Crippen LogP contribution >= 0.6 is 11.8 Å². The molecule has 2 aromatic carbocycles. The van der Waals surface area contributed by atoms with Crippen molar-refractivity contribution < 1.29 is 9.59 Å². The van der Waals surface area contributed by atoms with Gasteiger partial charge in [0, 0.05) is 21.6 Å². The van der Waals surface area contributed by atoms with Crippen LogP contribution in [0.2, 0.25) is 0 Å². The lowest BCUT2D eigenvalue weighted by Gasteiger charge is -2.05. The standard InChI is InChI=1S/C27H36O2S/c1-3-4-5-6-7-8-9-10-11-12-21-30-26-19-17-25(18-20-26)27(29)24-15-13-23(14-16-24)22(2)28/h13-20H,3-12,21H2,1-2H3. The van der Waals surface area contributed by atoms with Gasteiger partial charge in [-0.1, -0.05) is 89.0 Å². The Labute approximate surface area is 186 Å². The van der Waals surface area contributed by atoms with Gasteiger partial charge in [0.05, 0.1) is 0 Å². The van der Waals surface area contributed by atoms with Crippen LogP contribution in [0.15, 0.2) is 53.4 Å². The summed E-state index contributed by atoms with van der Waals surface area (Å²) in [6.45, 7) is 3.80. The molecule has 0 atom stereocenters. The van der Waals surface area contributed by atoms with E-state index >= 15 is 0 Å². The quantitative estimate of drug-likeness (QED) is 0.164. The van der Waals surface area contributed by atoms with Gasteiger partial charge in [0.1, 0.15) is 0 Å². The molecule has 0 spiro atoms. The van der Waals surface area contributed by atoms with Gasteiger partial charge >= 0.3 is 0 Å². The number of hydrogen-bond acceptors (Lipinski definition) is 3. The summed E-state index contributed by atoms with van der Waals surface area (Å²) in [7, 11) is 0. The van der Waals surface area contributed by atoms with Gasteiger partial charge < -0.3 is 0 Å². The van der Waals surface area contributed by atoms with Crippen LogP contribution < -0.4 is 0 Å². The van der Waals surface area contributed by atoms with Gasteiger partial charge in [-0.25, -0.2) is 0 Å². The van der Waals surface area contributed by atoms with Crippen molar-refractivity contribution in [2.75, 3.05) is 5.75 Å². The summed E-state index contributed by atoms with van der Waals surface area (Å²) in [6.07, 6.45) is 13.6. The van der Waals surface area contributed by atoms with Crippen molar-refractivity contribution in [2.45, 2.75) is 83.0 Å². The van der Waals surface area contributed by atoms with Crippen LogP contribution in [0.3, 0.4) is 0 Å². The number of hydrogen-bond donors (Lipinski definition) is 0. The molecule has 0 saturated heterocycles. The number of carbonyl (C=O) groups excluding carboxylic acids is 2. The summed E-state index contributed by atoms with van der Waals surface area (Å²) in [5.74, 6) is 1.14. The molecule has 0 amide bonds. The Morgan fingerprint density at radius 3 is 1.57 bits per heavy atom. The van der Waals surface area contributed by atoms with Crippen molar-refractivity contribution >= 4 is 23.3 Å². The molecule has 0 fully saturated rings. The fraction of sp³-hybridized carbons (Fsp3) is 0.481.